The fraction of sp³-hybridized carbons (Fsp3) is 0.261. The quantitative estimate of drug-likeness (QED) is 0.731. The van der Waals surface area contributed by atoms with Crippen LogP contribution in [0.5, 0.6) is 0 Å². The Morgan fingerprint density at radius 2 is 1.79 bits per heavy atom. The molecule has 0 aliphatic carbocycles. The van der Waals surface area contributed by atoms with Crippen molar-refractivity contribution >= 4 is 11.8 Å². The topological polar surface area (TPSA) is 67.2 Å². The van der Waals surface area contributed by atoms with E-state index in [-0.39, 0.29) is 17.7 Å². The van der Waals surface area contributed by atoms with Crippen molar-refractivity contribution in [3.05, 3.63) is 84.4 Å². The molecule has 1 aliphatic heterocycles. The van der Waals surface area contributed by atoms with E-state index in [1.165, 1.54) is 0 Å². The Bertz CT molecular complexity index is 961. The zero-order valence-corrected chi connectivity index (χ0v) is 16.2. The third-order valence-electron chi connectivity index (χ3n) is 5.35. The number of likely N-dealkylation sites (tertiary alicyclic amines) is 1. The van der Waals surface area contributed by atoms with Crippen molar-refractivity contribution in [2.24, 2.45) is 5.92 Å². The van der Waals surface area contributed by atoms with Crippen LogP contribution in [-0.4, -0.2) is 39.4 Å². The maximum atomic E-state index is 13.0. The van der Waals surface area contributed by atoms with Crippen molar-refractivity contribution in [3.63, 3.8) is 0 Å². The number of carbonyl (C=O) groups excluding carboxylic acids is 2. The number of piperidine rings is 1. The molecule has 0 radical (unpaired) electrons. The molecule has 1 saturated heterocycles. The van der Waals surface area contributed by atoms with Gasteiger partial charge >= 0.3 is 0 Å². The van der Waals surface area contributed by atoms with Gasteiger partial charge in [0.1, 0.15) is 5.69 Å². The first-order valence-electron chi connectivity index (χ1n) is 9.91. The average Bonchev–Trinajstić information content (AvgIpc) is 3.28. The third-order valence-corrected chi connectivity index (χ3v) is 5.35. The zero-order valence-electron chi connectivity index (χ0n) is 16.2. The number of pyridine rings is 1. The molecule has 1 N–H and O–H groups in total. The molecule has 29 heavy (non-hydrogen) atoms. The van der Waals surface area contributed by atoms with Crippen molar-refractivity contribution in [1.82, 2.24) is 19.8 Å². The smallest absolute Gasteiger partial charge is 0.270 e. The predicted octanol–water partition coefficient (Wildman–Crippen LogP) is 3.04. The summed E-state index contributed by atoms with van der Waals surface area (Å²) < 4.78 is 1.86. The number of hydrogen-bond acceptors (Lipinski definition) is 3. The second-order valence-corrected chi connectivity index (χ2v) is 7.24. The lowest BCUT2D eigenvalue weighted by Crippen LogP contribution is -2.43. The Balaban J connectivity index is 1.34. The van der Waals surface area contributed by atoms with Crippen LogP contribution in [0.3, 0.4) is 0 Å². The van der Waals surface area contributed by atoms with Crippen LogP contribution in [0, 0.1) is 5.92 Å². The lowest BCUT2D eigenvalue weighted by molar-refractivity contribution is -0.126. The molecule has 1 aromatic carbocycles. The number of nitrogens with zero attached hydrogens (tertiary/aromatic N) is 3. The molecular formula is C23H24N4O2. The van der Waals surface area contributed by atoms with Gasteiger partial charge in [0.15, 0.2) is 0 Å². The van der Waals surface area contributed by atoms with Crippen molar-refractivity contribution in [2.75, 3.05) is 13.1 Å². The van der Waals surface area contributed by atoms with Gasteiger partial charge in [-0.25, -0.2) is 0 Å². The largest absolute Gasteiger partial charge is 0.352 e. The summed E-state index contributed by atoms with van der Waals surface area (Å²) >= 11 is 0. The first-order chi connectivity index (χ1) is 14.2. The highest BCUT2D eigenvalue weighted by atomic mass is 16.2. The monoisotopic (exact) mass is 388 g/mol. The molecular weight excluding hydrogens is 364 g/mol. The van der Waals surface area contributed by atoms with E-state index in [0.717, 1.165) is 11.3 Å². The number of rotatable bonds is 5. The van der Waals surface area contributed by atoms with Gasteiger partial charge in [0.25, 0.3) is 5.91 Å². The molecule has 0 spiro atoms. The van der Waals surface area contributed by atoms with Crippen molar-refractivity contribution in [1.29, 1.82) is 0 Å². The van der Waals surface area contributed by atoms with E-state index < -0.39 is 0 Å². The van der Waals surface area contributed by atoms with Crippen LogP contribution in [0.1, 0.15) is 28.9 Å². The lowest BCUT2D eigenvalue weighted by Gasteiger charge is -2.31. The van der Waals surface area contributed by atoms with E-state index >= 15 is 0 Å². The molecule has 0 saturated carbocycles. The van der Waals surface area contributed by atoms with Crippen molar-refractivity contribution < 1.29 is 9.59 Å². The van der Waals surface area contributed by atoms with Gasteiger partial charge in [-0.15, -0.1) is 0 Å². The molecule has 6 heteroatoms. The first kappa shape index (κ1) is 18.9. The molecule has 2 amide bonds. The minimum atomic E-state index is -0.0483. The molecule has 1 fully saturated rings. The second kappa shape index (κ2) is 8.73. The summed E-state index contributed by atoms with van der Waals surface area (Å²) in [6.07, 6.45) is 6.68. The van der Waals surface area contributed by atoms with Crippen LogP contribution in [0.15, 0.2) is 73.2 Å². The standard InChI is InChI=1S/C23H24N4O2/c28-22(25-16-18-6-2-1-3-7-18)19-10-14-26(15-11-19)23(29)21-9-5-13-27(21)20-8-4-12-24-17-20/h1-9,12-13,17,19H,10-11,14-16H2,(H,25,28). The van der Waals surface area contributed by atoms with E-state index in [1.54, 1.807) is 12.4 Å². The van der Waals surface area contributed by atoms with Crippen LogP contribution in [0.2, 0.25) is 0 Å². The minimum Gasteiger partial charge on any atom is -0.352 e. The van der Waals surface area contributed by atoms with Crippen LogP contribution < -0.4 is 5.32 Å². The molecule has 3 heterocycles. The Morgan fingerprint density at radius 1 is 1.00 bits per heavy atom. The summed E-state index contributed by atoms with van der Waals surface area (Å²) in [5.74, 6) is 0.00885. The summed E-state index contributed by atoms with van der Waals surface area (Å²) in [4.78, 5) is 31.5. The average molecular weight is 388 g/mol. The van der Waals surface area contributed by atoms with Gasteiger partial charge in [0.2, 0.25) is 5.91 Å². The highest BCUT2D eigenvalue weighted by Gasteiger charge is 2.28. The number of amides is 2. The molecule has 6 nitrogen and oxygen atoms in total. The van der Waals surface area contributed by atoms with Gasteiger partial charge in [-0.05, 0) is 42.7 Å². The zero-order chi connectivity index (χ0) is 20.1. The molecule has 3 aromatic rings. The van der Waals surface area contributed by atoms with Crippen LogP contribution in [0.25, 0.3) is 5.69 Å². The van der Waals surface area contributed by atoms with Gasteiger partial charge in [-0.3, -0.25) is 14.6 Å². The SMILES string of the molecule is O=C(NCc1ccccc1)C1CCN(C(=O)c2cccn2-c2cccnc2)CC1. The third kappa shape index (κ3) is 4.37. The summed E-state index contributed by atoms with van der Waals surface area (Å²) in [6.45, 7) is 1.71. The normalized spacial score (nSPS) is 14.6. The fourth-order valence-electron chi connectivity index (χ4n) is 3.71. The summed E-state index contributed by atoms with van der Waals surface area (Å²) in [5.41, 5.74) is 2.56. The van der Waals surface area contributed by atoms with Crippen LogP contribution >= 0.6 is 0 Å². The molecule has 2 aromatic heterocycles. The van der Waals surface area contributed by atoms with Gasteiger partial charge < -0.3 is 14.8 Å². The van der Waals surface area contributed by atoms with Crippen molar-refractivity contribution in [2.45, 2.75) is 19.4 Å². The number of aromatic nitrogens is 2. The molecule has 4 rings (SSSR count). The van der Waals surface area contributed by atoms with Gasteiger partial charge in [0.05, 0.1) is 11.9 Å². The second-order valence-electron chi connectivity index (χ2n) is 7.24. The van der Waals surface area contributed by atoms with E-state index in [0.29, 0.717) is 38.2 Å². The Hall–Kier alpha value is -3.41. The van der Waals surface area contributed by atoms with E-state index in [1.807, 2.05) is 70.3 Å². The summed E-state index contributed by atoms with van der Waals surface area (Å²) in [5, 5.41) is 3.02. The van der Waals surface area contributed by atoms with E-state index in [9.17, 15) is 9.59 Å². The van der Waals surface area contributed by atoms with Gasteiger partial charge in [-0.2, -0.15) is 0 Å². The highest BCUT2D eigenvalue weighted by molar-refractivity contribution is 5.93. The maximum Gasteiger partial charge on any atom is 0.270 e. The summed E-state index contributed by atoms with van der Waals surface area (Å²) in [6, 6.07) is 17.4. The molecule has 0 bridgehead atoms. The van der Waals surface area contributed by atoms with E-state index in [2.05, 4.69) is 10.3 Å². The van der Waals surface area contributed by atoms with Gasteiger partial charge in [0, 0.05) is 37.9 Å². The van der Waals surface area contributed by atoms with Gasteiger partial charge in [-0.1, -0.05) is 30.3 Å². The molecule has 0 atom stereocenters. The maximum absolute atomic E-state index is 13.0. The van der Waals surface area contributed by atoms with Crippen molar-refractivity contribution in [3.8, 4) is 5.69 Å². The number of hydrogen-bond donors (Lipinski definition) is 1. The lowest BCUT2D eigenvalue weighted by atomic mass is 9.95. The number of carbonyl (C=O) groups is 2. The van der Waals surface area contributed by atoms with Crippen LogP contribution in [-0.2, 0) is 11.3 Å². The first-order valence-corrected chi connectivity index (χ1v) is 9.91. The fourth-order valence-corrected chi connectivity index (χ4v) is 3.71. The minimum absolute atomic E-state index is 0.0120. The molecule has 0 unspecified atom stereocenters. The molecule has 148 valence electrons. The molecule has 1 aliphatic rings. The number of nitrogens with one attached hydrogen (secondary N) is 1. The predicted molar refractivity (Wildman–Crippen MR) is 110 cm³/mol. The van der Waals surface area contributed by atoms with E-state index in [4.69, 9.17) is 0 Å². The Morgan fingerprint density at radius 3 is 2.52 bits per heavy atom. The Kier molecular flexibility index (Phi) is 5.70. The Labute approximate surface area is 170 Å². The highest BCUT2D eigenvalue weighted by Crippen LogP contribution is 2.21. The van der Waals surface area contributed by atoms with Crippen LogP contribution in [0.4, 0.5) is 0 Å². The number of benzene rings is 1. The summed E-state index contributed by atoms with van der Waals surface area (Å²) in [7, 11) is 0.